The van der Waals surface area contributed by atoms with E-state index in [0.717, 1.165) is 42.9 Å². The number of aromatic nitrogens is 4. The van der Waals surface area contributed by atoms with Crippen molar-refractivity contribution in [2.75, 3.05) is 31.1 Å². The molecule has 37 heavy (non-hydrogen) atoms. The Kier molecular flexibility index (Phi) is 6.63. The Hall–Kier alpha value is -4.60. The number of nitrogens with zero attached hydrogens (tertiary/aromatic N) is 6. The molecule has 0 spiro atoms. The molecule has 0 bridgehead atoms. The molecule has 0 saturated carbocycles. The van der Waals surface area contributed by atoms with Crippen LogP contribution in [0.25, 0.3) is 22.3 Å². The lowest BCUT2D eigenvalue weighted by atomic mass is 9.99. The highest BCUT2D eigenvalue weighted by Gasteiger charge is 2.24. The fourth-order valence-electron chi connectivity index (χ4n) is 4.72. The smallest absolute Gasteiger partial charge is 0.332 e. The van der Waals surface area contributed by atoms with Gasteiger partial charge in [-0.25, -0.2) is 4.79 Å². The molecule has 0 radical (unpaired) electrons. The van der Waals surface area contributed by atoms with Gasteiger partial charge in [-0.3, -0.25) is 18.5 Å². The predicted octanol–water partition coefficient (Wildman–Crippen LogP) is 1.92. The number of benzene rings is 2. The second-order valence-electron chi connectivity index (χ2n) is 8.92. The van der Waals surface area contributed by atoms with E-state index in [1.807, 2.05) is 47.0 Å². The number of imidazole rings is 1. The highest BCUT2D eigenvalue weighted by atomic mass is 16.2. The second kappa shape index (κ2) is 10.2. The van der Waals surface area contributed by atoms with Crippen LogP contribution in [0.2, 0.25) is 0 Å². The van der Waals surface area contributed by atoms with Crippen molar-refractivity contribution in [3.63, 3.8) is 0 Å². The molecule has 4 aromatic rings. The van der Waals surface area contributed by atoms with E-state index in [9.17, 15) is 14.9 Å². The molecule has 9 heteroatoms. The summed E-state index contributed by atoms with van der Waals surface area (Å²) in [6, 6.07) is 17.2. The summed E-state index contributed by atoms with van der Waals surface area (Å²) in [5.74, 6) is 6.61. The van der Waals surface area contributed by atoms with E-state index in [1.165, 1.54) is 9.13 Å². The van der Waals surface area contributed by atoms with Crippen LogP contribution in [0.15, 0.2) is 58.1 Å². The molecule has 2 aromatic carbocycles. The third kappa shape index (κ3) is 4.42. The SMILES string of the molecule is CC#CCn1c(N2CCNCC2)nc2c1c(=O)n(Cc1ccc(-c3ccccc3C#N)cc1)c(=O)n2C. The predicted molar refractivity (Wildman–Crippen MR) is 143 cm³/mol. The van der Waals surface area contributed by atoms with Gasteiger partial charge in [0, 0.05) is 33.2 Å². The summed E-state index contributed by atoms with van der Waals surface area (Å²) >= 11 is 0. The van der Waals surface area contributed by atoms with Gasteiger partial charge in [-0.2, -0.15) is 10.2 Å². The molecule has 0 unspecified atom stereocenters. The van der Waals surface area contributed by atoms with Gasteiger partial charge in [-0.15, -0.1) is 5.92 Å². The monoisotopic (exact) mass is 493 g/mol. The summed E-state index contributed by atoms with van der Waals surface area (Å²) in [5.41, 5.74) is 3.06. The molecule has 9 nitrogen and oxygen atoms in total. The largest absolute Gasteiger partial charge is 0.340 e. The molecule has 0 atom stereocenters. The highest BCUT2D eigenvalue weighted by molar-refractivity contribution is 5.75. The van der Waals surface area contributed by atoms with Crippen LogP contribution in [0.4, 0.5) is 5.95 Å². The van der Waals surface area contributed by atoms with Crippen LogP contribution in [-0.2, 0) is 20.1 Å². The quantitative estimate of drug-likeness (QED) is 0.427. The van der Waals surface area contributed by atoms with Crippen LogP contribution in [0.5, 0.6) is 0 Å². The molecule has 1 saturated heterocycles. The summed E-state index contributed by atoms with van der Waals surface area (Å²) in [7, 11) is 1.65. The van der Waals surface area contributed by atoms with E-state index >= 15 is 0 Å². The van der Waals surface area contributed by atoms with Crippen molar-refractivity contribution >= 4 is 17.1 Å². The number of nitriles is 1. The van der Waals surface area contributed by atoms with Crippen LogP contribution in [0.1, 0.15) is 18.1 Å². The molecule has 0 amide bonds. The fourth-order valence-corrected chi connectivity index (χ4v) is 4.72. The molecule has 1 aliphatic heterocycles. The minimum atomic E-state index is -0.422. The Morgan fingerprint density at radius 2 is 1.76 bits per heavy atom. The Morgan fingerprint density at radius 1 is 1.03 bits per heavy atom. The maximum atomic E-state index is 13.7. The van der Waals surface area contributed by atoms with Crippen LogP contribution < -0.4 is 21.5 Å². The van der Waals surface area contributed by atoms with Gasteiger partial charge in [0.25, 0.3) is 5.56 Å². The summed E-state index contributed by atoms with van der Waals surface area (Å²) in [6.45, 7) is 5.35. The van der Waals surface area contributed by atoms with Gasteiger partial charge in [-0.05, 0) is 29.7 Å². The molecule has 186 valence electrons. The Morgan fingerprint density at radius 3 is 2.46 bits per heavy atom. The molecule has 1 fully saturated rings. The average Bonchev–Trinajstić information content (AvgIpc) is 3.33. The van der Waals surface area contributed by atoms with Crippen molar-refractivity contribution < 1.29 is 0 Å². The molecular formula is C28H27N7O2. The lowest BCUT2D eigenvalue weighted by molar-refractivity contribution is 0.572. The first kappa shape index (κ1) is 24.1. The maximum Gasteiger partial charge on any atom is 0.332 e. The number of hydrogen-bond acceptors (Lipinski definition) is 6. The topological polar surface area (TPSA) is 101 Å². The first-order valence-electron chi connectivity index (χ1n) is 12.2. The van der Waals surface area contributed by atoms with E-state index in [-0.39, 0.29) is 12.1 Å². The molecule has 0 aliphatic carbocycles. The standard InChI is InChI=1S/C28H27N7O2/c1-3-4-15-34-24-25(31-27(34)33-16-13-30-14-17-33)32(2)28(37)35(26(24)36)19-20-9-11-21(12-10-20)23-8-6-5-7-22(23)18-29/h5-12,30H,13-17,19H2,1-2H3. The zero-order valence-electron chi connectivity index (χ0n) is 20.9. The Bertz CT molecular complexity index is 1690. The first-order valence-corrected chi connectivity index (χ1v) is 12.2. The molecule has 5 rings (SSSR count). The van der Waals surface area contributed by atoms with Crippen LogP contribution in [0.3, 0.4) is 0 Å². The molecule has 3 heterocycles. The lowest BCUT2D eigenvalue weighted by Crippen LogP contribution is -2.44. The number of nitrogens with one attached hydrogen (secondary N) is 1. The summed E-state index contributed by atoms with van der Waals surface area (Å²) in [6.07, 6.45) is 0. The van der Waals surface area contributed by atoms with Crippen molar-refractivity contribution in [2.24, 2.45) is 7.05 Å². The van der Waals surface area contributed by atoms with Gasteiger partial charge >= 0.3 is 5.69 Å². The van der Waals surface area contributed by atoms with Crippen molar-refractivity contribution in [2.45, 2.75) is 20.0 Å². The zero-order valence-corrected chi connectivity index (χ0v) is 20.9. The maximum absolute atomic E-state index is 13.7. The normalized spacial score (nSPS) is 13.3. The first-order chi connectivity index (χ1) is 18.0. The van der Waals surface area contributed by atoms with Crippen LogP contribution in [0, 0.1) is 23.2 Å². The number of hydrogen-bond donors (Lipinski definition) is 1. The fraction of sp³-hybridized carbons (Fsp3) is 0.286. The summed E-state index contributed by atoms with van der Waals surface area (Å²) in [5, 5.41) is 12.7. The minimum Gasteiger partial charge on any atom is -0.340 e. The van der Waals surface area contributed by atoms with Gasteiger partial charge in [-0.1, -0.05) is 48.4 Å². The summed E-state index contributed by atoms with van der Waals surface area (Å²) in [4.78, 5) is 33.9. The van der Waals surface area contributed by atoms with E-state index in [2.05, 4.69) is 28.1 Å². The Labute approximate surface area is 214 Å². The van der Waals surface area contributed by atoms with Gasteiger partial charge in [0.2, 0.25) is 5.95 Å². The van der Waals surface area contributed by atoms with Gasteiger partial charge in [0.15, 0.2) is 11.2 Å². The zero-order chi connectivity index (χ0) is 25.9. The third-order valence-electron chi connectivity index (χ3n) is 6.68. The van der Waals surface area contributed by atoms with Gasteiger partial charge in [0.1, 0.15) is 0 Å². The Balaban J connectivity index is 1.58. The minimum absolute atomic E-state index is 0.120. The van der Waals surface area contributed by atoms with Gasteiger partial charge in [0.05, 0.1) is 24.7 Å². The van der Waals surface area contributed by atoms with Crippen molar-refractivity contribution in [1.82, 2.24) is 24.0 Å². The highest BCUT2D eigenvalue weighted by Crippen LogP contribution is 2.24. The average molecular weight is 494 g/mol. The molecule has 1 N–H and O–H groups in total. The van der Waals surface area contributed by atoms with Crippen molar-refractivity contribution in [1.29, 1.82) is 5.26 Å². The van der Waals surface area contributed by atoms with Crippen molar-refractivity contribution in [3.8, 4) is 29.0 Å². The van der Waals surface area contributed by atoms with E-state index in [4.69, 9.17) is 4.98 Å². The summed E-state index contributed by atoms with van der Waals surface area (Å²) < 4.78 is 4.52. The molecular weight excluding hydrogens is 466 g/mol. The van der Waals surface area contributed by atoms with Gasteiger partial charge < -0.3 is 10.2 Å². The number of aryl methyl sites for hydroxylation is 1. The molecule has 1 aliphatic rings. The third-order valence-corrected chi connectivity index (χ3v) is 6.68. The number of fused-ring (bicyclic) bond motifs is 1. The van der Waals surface area contributed by atoms with E-state index in [0.29, 0.717) is 29.2 Å². The van der Waals surface area contributed by atoms with Crippen LogP contribution in [-0.4, -0.2) is 44.9 Å². The number of rotatable bonds is 5. The molecule has 2 aromatic heterocycles. The van der Waals surface area contributed by atoms with Crippen LogP contribution >= 0.6 is 0 Å². The lowest BCUT2D eigenvalue weighted by Gasteiger charge is -2.28. The second-order valence-corrected chi connectivity index (χ2v) is 8.92. The van der Waals surface area contributed by atoms with E-state index < -0.39 is 5.69 Å². The number of anilines is 1. The number of piperazine rings is 1. The van der Waals surface area contributed by atoms with Crippen molar-refractivity contribution in [3.05, 3.63) is 80.5 Å². The van der Waals surface area contributed by atoms with E-state index in [1.54, 1.807) is 20.0 Å².